The minimum absolute atomic E-state index is 0.141. The van der Waals surface area contributed by atoms with E-state index in [1.807, 2.05) is 0 Å². The number of hydrogen-bond donors (Lipinski definition) is 1. The van der Waals surface area contributed by atoms with Crippen molar-refractivity contribution in [2.75, 3.05) is 26.2 Å². The van der Waals surface area contributed by atoms with Crippen molar-refractivity contribution in [1.29, 1.82) is 0 Å². The normalized spacial score (nSPS) is 22.7. The zero-order valence-corrected chi connectivity index (χ0v) is 12.8. The van der Waals surface area contributed by atoms with E-state index in [2.05, 4.69) is 10.2 Å². The summed E-state index contributed by atoms with van der Waals surface area (Å²) in [5.41, 5.74) is 0.327. The molecule has 2 fully saturated rings. The second-order valence-electron chi connectivity index (χ2n) is 6.39. The van der Waals surface area contributed by atoms with Crippen LogP contribution in [-0.2, 0) is 0 Å². The first-order chi connectivity index (χ1) is 10.7. The molecule has 0 unspecified atom stereocenters. The first-order valence-electron chi connectivity index (χ1n) is 8.26. The molecule has 1 aliphatic heterocycles. The van der Waals surface area contributed by atoms with E-state index in [4.69, 9.17) is 0 Å². The van der Waals surface area contributed by atoms with E-state index in [0.29, 0.717) is 11.5 Å². The molecule has 0 radical (unpaired) electrons. The average molecular weight is 312 g/mol. The third kappa shape index (κ3) is 3.15. The van der Waals surface area contributed by atoms with Gasteiger partial charge in [-0.2, -0.15) is 0 Å². The Labute approximate surface area is 129 Å². The molecule has 1 saturated heterocycles. The second-order valence-corrected chi connectivity index (χ2v) is 6.39. The Bertz CT molecular complexity index is 491. The minimum Gasteiger partial charge on any atom is -0.314 e. The highest BCUT2D eigenvalue weighted by atomic mass is 19.2. The summed E-state index contributed by atoms with van der Waals surface area (Å²) >= 11 is 0. The van der Waals surface area contributed by atoms with Crippen LogP contribution in [0, 0.1) is 23.4 Å². The molecule has 0 spiro atoms. The number of benzene rings is 1. The molecule has 1 aromatic carbocycles. The molecule has 3 rings (SSSR count). The molecule has 122 valence electrons. The molecule has 0 amide bonds. The van der Waals surface area contributed by atoms with Gasteiger partial charge in [0, 0.05) is 37.8 Å². The average Bonchev–Trinajstić information content (AvgIpc) is 2.57. The molecular weight excluding hydrogens is 289 g/mol. The lowest BCUT2D eigenvalue weighted by molar-refractivity contribution is 0.0998. The van der Waals surface area contributed by atoms with E-state index in [9.17, 15) is 13.2 Å². The van der Waals surface area contributed by atoms with Gasteiger partial charge in [0.1, 0.15) is 0 Å². The third-order valence-corrected chi connectivity index (χ3v) is 5.03. The Morgan fingerprint density at radius 3 is 2.32 bits per heavy atom. The van der Waals surface area contributed by atoms with E-state index in [0.717, 1.165) is 57.9 Å². The first kappa shape index (κ1) is 15.8. The van der Waals surface area contributed by atoms with Crippen LogP contribution in [0.2, 0.25) is 0 Å². The number of halogens is 3. The van der Waals surface area contributed by atoms with Crippen LogP contribution in [0.5, 0.6) is 0 Å². The topological polar surface area (TPSA) is 15.3 Å². The van der Waals surface area contributed by atoms with E-state index in [1.165, 1.54) is 12.5 Å². The lowest BCUT2D eigenvalue weighted by atomic mass is 9.80. The molecule has 0 aromatic heterocycles. The highest BCUT2D eigenvalue weighted by molar-refractivity contribution is 5.25. The van der Waals surface area contributed by atoms with Gasteiger partial charge in [-0.05, 0) is 24.8 Å². The summed E-state index contributed by atoms with van der Waals surface area (Å²) in [6.07, 6.45) is 5.56. The smallest absolute Gasteiger partial charge is 0.194 e. The lowest BCUT2D eigenvalue weighted by Gasteiger charge is -2.41. The molecular formula is C17H23F3N2. The van der Waals surface area contributed by atoms with Crippen molar-refractivity contribution < 1.29 is 13.2 Å². The van der Waals surface area contributed by atoms with Gasteiger partial charge in [0.25, 0.3) is 0 Å². The number of rotatable bonds is 3. The van der Waals surface area contributed by atoms with E-state index >= 15 is 0 Å². The summed E-state index contributed by atoms with van der Waals surface area (Å²) in [7, 11) is 0. The maximum Gasteiger partial charge on any atom is 0.194 e. The fraction of sp³-hybridized carbons (Fsp3) is 0.647. The zero-order valence-electron chi connectivity index (χ0n) is 12.8. The number of piperazine rings is 1. The van der Waals surface area contributed by atoms with Gasteiger partial charge in [-0.15, -0.1) is 0 Å². The molecule has 1 aliphatic carbocycles. The van der Waals surface area contributed by atoms with Gasteiger partial charge in [0.2, 0.25) is 0 Å². The van der Waals surface area contributed by atoms with Crippen molar-refractivity contribution in [3.63, 3.8) is 0 Å². The Balaban J connectivity index is 1.94. The van der Waals surface area contributed by atoms with E-state index < -0.39 is 17.5 Å². The van der Waals surface area contributed by atoms with Crippen LogP contribution in [0.1, 0.15) is 43.7 Å². The maximum atomic E-state index is 14.4. The molecule has 1 heterocycles. The van der Waals surface area contributed by atoms with E-state index in [1.54, 1.807) is 0 Å². The van der Waals surface area contributed by atoms with Gasteiger partial charge in [-0.3, -0.25) is 4.90 Å². The predicted molar refractivity (Wildman–Crippen MR) is 80.1 cm³/mol. The zero-order chi connectivity index (χ0) is 15.5. The summed E-state index contributed by atoms with van der Waals surface area (Å²) in [5, 5.41) is 3.29. The third-order valence-electron chi connectivity index (χ3n) is 5.03. The van der Waals surface area contributed by atoms with Crippen molar-refractivity contribution in [1.82, 2.24) is 10.2 Å². The monoisotopic (exact) mass is 312 g/mol. The summed E-state index contributed by atoms with van der Waals surface area (Å²) in [6.45, 7) is 3.35. The second kappa shape index (κ2) is 7.01. The predicted octanol–water partition coefficient (Wildman–Crippen LogP) is 3.63. The Hall–Kier alpha value is -1.07. The Morgan fingerprint density at radius 1 is 0.955 bits per heavy atom. The van der Waals surface area contributed by atoms with Crippen LogP contribution < -0.4 is 5.32 Å². The number of hydrogen-bond acceptors (Lipinski definition) is 2. The SMILES string of the molecule is Fc1ccc([C@H](C2CCCCC2)N2CCNCC2)c(F)c1F. The van der Waals surface area contributed by atoms with Gasteiger partial charge < -0.3 is 5.32 Å². The van der Waals surface area contributed by atoms with Crippen molar-refractivity contribution >= 4 is 0 Å². The van der Waals surface area contributed by atoms with Crippen molar-refractivity contribution in [3.8, 4) is 0 Å². The van der Waals surface area contributed by atoms with Crippen LogP contribution in [0.3, 0.4) is 0 Å². The molecule has 1 saturated carbocycles. The Morgan fingerprint density at radius 2 is 1.64 bits per heavy atom. The van der Waals surface area contributed by atoms with E-state index in [-0.39, 0.29) is 6.04 Å². The lowest BCUT2D eigenvalue weighted by Crippen LogP contribution is -2.47. The molecule has 1 N–H and O–H groups in total. The highest BCUT2D eigenvalue weighted by Gasteiger charge is 2.33. The summed E-state index contributed by atoms with van der Waals surface area (Å²) < 4.78 is 41.3. The summed E-state index contributed by atoms with van der Waals surface area (Å²) in [4.78, 5) is 2.24. The molecule has 1 aromatic rings. The molecule has 22 heavy (non-hydrogen) atoms. The molecule has 5 heteroatoms. The summed E-state index contributed by atoms with van der Waals surface area (Å²) in [6, 6.07) is 2.36. The number of nitrogens with zero attached hydrogens (tertiary/aromatic N) is 1. The fourth-order valence-electron chi connectivity index (χ4n) is 3.93. The van der Waals surface area contributed by atoms with Crippen LogP contribution in [-0.4, -0.2) is 31.1 Å². The van der Waals surface area contributed by atoms with Crippen molar-refractivity contribution in [2.45, 2.75) is 38.1 Å². The van der Waals surface area contributed by atoms with Crippen LogP contribution in [0.25, 0.3) is 0 Å². The van der Waals surface area contributed by atoms with Gasteiger partial charge in [-0.25, -0.2) is 13.2 Å². The molecule has 1 atom stereocenters. The molecule has 2 nitrogen and oxygen atoms in total. The fourth-order valence-corrected chi connectivity index (χ4v) is 3.93. The minimum atomic E-state index is -1.34. The van der Waals surface area contributed by atoms with Crippen LogP contribution in [0.4, 0.5) is 13.2 Å². The molecule has 2 aliphatic rings. The molecule has 0 bridgehead atoms. The van der Waals surface area contributed by atoms with Crippen LogP contribution >= 0.6 is 0 Å². The largest absolute Gasteiger partial charge is 0.314 e. The highest BCUT2D eigenvalue weighted by Crippen LogP contribution is 2.40. The standard InChI is InChI=1S/C17H23F3N2/c18-14-7-6-13(15(19)16(14)20)17(12-4-2-1-3-5-12)22-10-8-21-9-11-22/h6-7,12,17,21H,1-5,8-11H2/t17-/m0/s1. The first-order valence-corrected chi connectivity index (χ1v) is 8.26. The Kier molecular flexibility index (Phi) is 5.03. The van der Waals surface area contributed by atoms with Crippen LogP contribution in [0.15, 0.2) is 12.1 Å². The van der Waals surface area contributed by atoms with Crippen molar-refractivity contribution in [2.24, 2.45) is 5.92 Å². The van der Waals surface area contributed by atoms with Gasteiger partial charge in [0.15, 0.2) is 17.5 Å². The van der Waals surface area contributed by atoms with Gasteiger partial charge in [0.05, 0.1) is 0 Å². The number of nitrogens with one attached hydrogen (secondary N) is 1. The van der Waals surface area contributed by atoms with Gasteiger partial charge >= 0.3 is 0 Å². The quantitative estimate of drug-likeness (QED) is 0.858. The van der Waals surface area contributed by atoms with Gasteiger partial charge in [-0.1, -0.05) is 25.3 Å². The van der Waals surface area contributed by atoms with Crippen molar-refractivity contribution in [3.05, 3.63) is 35.1 Å². The summed E-state index contributed by atoms with van der Waals surface area (Å²) in [5.74, 6) is -3.13. The maximum absolute atomic E-state index is 14.4.